The quantitative estimate of drug-likeness (QED) is 0.344. The Bertz CT molecular complexity index is 340. The lowest BCUT2D eigenvalue weighted by Gasteiger charge is -2.12. The van der Waals surface area contributed by atoms with Gasteiger partial charge in [0.2, 0.25) is 0 Å². The van der Waals surface area contributed by atoms with Gasteiger partial charge in [0, 0.05) is 12.8 Å². The molecule has 0 heterocycles. The molecule has 0 aliphatic carbocycles. The van der Waals surface area contributed by atoms with Crippen molar-refractivity contribution in [3.8, 4) is 0 Å². The summed E-state index contributed by atoms with van der Waals surface area (Å²) in [6.07, 6.45) is 10.7. The van der Waals surface area contributed by atoms with Gasteiger partial charge in [-0.15, -0.1) is 0 Å². The molecule has 0 radical (unpaired) electrons. The van der Waals surface area contributed by atoms with E-state index in [1.807, 2.05) is 32.1 Å². The minimum absolute atomic E-state index is 0.217. The number of rotatable bonds is 10. The van der Waals surface area contributed by atoms with Gasteiger partial charge in [0.1, 0.15) is 12.9 Å². The Hall–Kier alpha value is -1.64. The van der Waals surface area contributed by atoms with E-state index in [2.05, 4.69) is 6.58 Å². The molecular weight excluding hydrogens is 240 g/mol. The number of allylic oxidation sites excluding steroid dienone is 3. The van der Waals surface area contributed by atoms with Gasteiger partial charge in [-0.3, -0.25) is 4.79 Å². The summed E-state index contributed by atoms with van der Waals surface area (Å²) in [7, 11) is 0. The van der Waals surface area contributed by atoms with E-state index < -0.39 is 0 Å². The molecule has 0 aliphatic rings. The lowest BCUT2D eigenvalue weighted by molar-refractivity contribution is -0.143. The number of ether oxygens (including phenoxy) is 1. The Morgan fingerprint density at radius 3 is 2.68 bits per heavy atom. The van der Waals surface area contributed by atoms with Crippen molar-refractivity contribution in [2.45, 2.75) is 39.5 Å². The van der Waals surface area contributed by atoms with E-state index in [0.29, 0.717) is 12.8 Å². The molecule has 0 amide bonds. The van der Waals surface area contributed by atoms with Crippen molar-refractivity contribution in [2.24, 2.45) is 5.92 Å². The van der Waals surface area contributed by atoms with E-state index in [4.69, 9.17) is 4.74 Å². The summed E-state index contributed by atoms with van der Waals surface area (Å²) in [6.45, 7) is 7.86. The van der Waals surface area contributed by atoms with Crippen molar-refractivity contribution in [3.63, 3.8) is 0 Å². The largest absolute Gasteiger partial charge is 0.461 e. The second kappa shape index (κ2) is 11.5. The maximum absolute atomic E-state index is 11.7. The first-order valence-corrected chi connectivity index (χ1v) is 6.71. The SMILES string of the molecule is C=C/C(=C\C=C/C)COC(=O)CC(CC)CCC=O. The van der Waals surface area contributed by atoms with Crippen molar-refractivity contribution in [1.82, 2.24) is 0 Å². The van der Waals surface area contributed by atoms with Gasteiger partial charge in [0.05, 0.1) is 0 Å². The first-order chi connectivity index (χ1) is 9.17. The average molecular weight is 264 g/mol. The normalized spacial score (nSPS) is 13.3. The zero-order chi connectivity index (χ0) is 14.5. The van der Waals surface area contributed by atoms with Gasteiger partial charge in [-0.2, -0.15) is 0 Å². The predicted octanol–water partition coefficient (Wildman–Crippen LogP) is 3.61. The number of hydrogen-bond acceptors (Lipinski definition) is 3. The molecule has 3 heteroatoms. The molecule has 0 N–H and O–H groups in total. The third-order valence-corrected chi connectivity index (χ3v) is 2.89. The molecule has 106 valence electrons. The standard InChI is InChI=1S/C16H24O3/c1-4-7-9-15(6-3)13-19-16(18)12-14(5-2)10-8-11-17/h4,6-7,9,11,14H,3,5,8,10,12-13H2,1-2H3/b7-4-,15-9+. The van der Waals surface area contributed by atoms with Gasteiger partial charge in [-0.1, -0.05) is 44.2 Å². The molecule has 0 aliphatic heterocycles. The number of carbonyl (C=O) groups excluding carboxylic acids is 2. The fraction of sp³-hybridized carbons (Fsp3) is 0.500. The van der Waals surface area contributed by atoms with Gasteiger partial charge in [-0.05, 0) is 24.8 Å². The molecule has 0 spiro atoms. The highest BCUT2D eigenvalue weighted by Gasteiger charge is 2.13. The summed E-state index contributed by atoms with van der Waals surface area (Å²) in [6, 6.07) is 0. The topological polar surface area (TPSA) is 43.4 Å². The number of aldehydes is 1. The van der Waals surface area contributed by atoms with Crippen molar-refractivity contribution in [1.29, 1.82) is 0 Å². The van der Waals surface area contributed by atoms with Gasteiger partial charge < -0.3 is 9.53 Å². The molecule has 0 rings (SSSR count). The first-order valence-electron chi connectivity index (χ1n) is 6.71. The van der Waals surface area contributed by atoms with Gasteiger partial charge in [0.15, 0.2) is 0 Å². The maximum Gasteiger partial charge on any atom is 0.306 e. The Morgan fingerprint density at radius 2 is 2.16 bits per heavy atom. The predicted molar refractivity (Wildman–Crippen MR) is 77.7 cm³/mol. The van der Waals surface area contributed by atoms with E-state index in [-0.39, 0.29) is 18.5 Å². The van der Waals surface area contributed by atoms with Crippen LogP contribution in [-0.4, -0.2) is 18.9 Å². The van der Waals surface area contributed by atoms with Crippen LogP contribution in [0.15, 0.2) is 36.5 Å². The summed E-state index contributed by atoms with van der Waals surface area (Å²) in [4.78, 5) is 22.0. The number of carbonyl (C=O) groups is 2. The van der Waals surface area contributed by atoms with Gasteiger partial charge >= 0.3 is 5.97 Å². The van der Waals surface area contributed by atoms with Crippen LogP contribution in [0, 0.1) is 5.92 Å². The monoisotopic (exact) mass is 264 g/mol. The minimum atomic E-state index is -0.217. The van der Waals surface area contributed by atoms with E-state index in [1.165, 1.54) is 0 Å². The fourth-order valence-electron chi connectivity index (χ4n) is 1.61. The van der Waals surface area contributed by atoms with Crippen molar-refractivity contribution in [3.05, 3.63) is 36.5 Å². The van der Waals surface area contributed by atoms with Crippen LogP contribution in [0.1, 0.15) is 39.5 Å². The van der Waals surface area contributed by atoms with Crippen LogP contribution in [0.25, 0.3) is 0 Å². The third-order valence-electron chi connectivity index (χ3n) is 2.89. The zero-order valence-corrected chi connectivity index (χ0v) is 11.9. The van der Waals surface area contributed by atoms with Gasteiger partial charge in [0.25, 0.3) is 0 Å². The number of esters is 1. The minimum Gasteiger partial charge on any atom is -0.461 e. The molecule has 0 saturated heterocycles. The average Bonchev–Trinajstić information content (AvgIpc) is 2.43. The fourth-order valence-corrected chi connectivity index (χ4v) is 1.61. The molecule has 0 aromatic carbocycles. The lowest BCUT2D eigenvalue weighted by Crippen LogP contribution is -2.12. The molecule has 0 saturated carbocycles. The highest BCUT2D eigenvalue weighted by molar-refractivity contribution is 5.70. The van der Waals surface area contributed by atoms with Crippen LogP contribution in [0.2, 0.25) is 0 Å². The van der Waals surface area contributed by atoms with Crippen molar-refractivity contribution in [2.75, 3.05) is 6.61 Å². The second-order valence-electron chi connectivity index (χ2n) is 4.35. The first kappa shape index (κ1) is 17.4. The van der Waals surface area contributed by atoms with Crippen LogP contribution < -0.4 is 0 Å². The van der Waals surface area contributed by atoms with Crippen LogP contribution in [-0.2, 0) is 14.3 Å². The Kier molecular flexibility index (Phi) is 10.5. The number of hydrogen-bond donors (Lipinski definition) is 0. The van der Waals surface area contributed by atoms with Crippen LogP contribution in [0.5, 0.6) is 0 Å². The molecule has 1 unspecified atom stereocenters. The summed E-state index contributed by atoms with van der Waals surface area (Å²) in [5.74, 6) is 0.00961. The molecule has 0 bridgehead atoms. The Morgan fingerprint density at radius 1 is 1.42 bits per heavy atom. The summed E-state index contributed by atoms with van der Waals surface area (Å²) >= 11 is 0. The molecular formula is C16H24O3. The molecule has 3 nitrogen and oxygen atoms in total. The highest BCUT2D eigenvalue weighted by atomic mass is 16.5. The van der Waals surface area contributed by atoms with Crippen molar-refractivity contribution >= 4 is 12.3 Å². The van der Waals surface area contributed by atoms with E-state index in [1.54, 1.807) is 6.08 Å². The lowest BCUT2D eigenvalue weighted by atomic mass is 9.97. The van der Waals surface area contributed by atoms with Crippen molar-refractivity contribution < 1.29 is 14.3 Å². The smallest absolute Gasteiger partial charge is 0.306 e. The molecule has 0 aromatic rings. The molecule has 0 fully saturated rings. The van der Waals surface area contributed by atoms with E-state index in [9.17, 15) is 9.59 Å². The molecule has 0 aromatic heterocycles. The van der Waals surface area contributed by atoms with Crippen LogP contribution in [0.3, 0.4) is 0 Å². The summed E-state index contributed by atoms with van der Waals surface area (Å²) in [5, 5.41) is 0. The van der Waals surface area contributed by atoms with E-state index >= 15 is 0 Å². The molecule has 1 atom stereocenters. The second-order valence-corrected chi connectivity index (χ2v) is 4.35. The Labute approximate surface area is 116 Å². The molecule has 19 heavy (non-hydrogen) atoms. The van der Waals surface area contributed by atoms with Gasteiger partial charge in [-0.25, -0.2) is 0 Å². The Balaban J connectivity index is 4.14. The maximum atomic E-state index is 11.7. The van der Waals surface area contributed by atoms with E-state index in [0.717, 1.165) is 24.7 Å². The third kappa shape index (κ3) is 9.00. The van der Waals surface area contributed by atoms with Crippen LogP contribution >= 0.6 is 0 Å². The zero-order valence-electron chi connectivity index (χ0n) is 11.9. The highest BCUT2D eigenvalue weighted by Crippen LogP contribution is 2.15. The van der Waals surface area contributed by atoms with Crippen LogP contribution in [0.4, 0.5) is 0 Å². The summed E-state index contributed by atoms with van der Waals surface area (Å²) < 4.78 is 5.20. The summed E-state index contributed by atoms with van der Waals surface area (Å²) in [5.41, 5.74) is 0.868.